The maximum Gasteiger partial charge on any atom is 0.338 e. The first kappa shape index (κ1) is 20.5. The summed E-state index contributed by atoms with van der Waals surface area (Å²) < 4.78 is 16.0. The SMILES string of the molecule is Cc1noc(C)c1COc1ccc(C(=O)O[C@@H](C)C(=O)NC(C)(C)C)cc1. The zero-order valence-electron chi connectivity index (χ0n) is 16.6. The van der Waals surface area contributed by atoms with Crippen molar-refractivity contribution in [2.75, 3.05) is 0 Å². The number of amides is 1. The van der Waals surface area contributed by atoms with Crippen LogP contribution in [0.15, 0.2) is 28.8 Å². The molecule has 0 unspecified atom stereocenters. The van der Waals surface area contributed by atoms with Crippen LogP contribution in [0.25, 0.3) is 0 Å². The maximum atomic E-state index is 12.2. The molecule has 0 aliphatic carbocycles. The monoisotopic (exact) mass is 374 g/mol. The Bertz CT molecular complexity index is 783. The number of hydrogen-bond donors (Lipinski definition) is 1. The molecule has 27 heavy (non-hydrogen) atoms. The third-order valence-electron chi connectivity index (χ3n) is 3.81. The van der Waals surface area contributed by atoms with Gasteiger partial charge in [0.05, 0.1) is 16.8 Å². The Kier molecular flexibility index (Phi) is 6.25. The van der Waals surface area contributed by atoms with Gasteiger partial charge in [0.1, 0.15) is 18.1 Å². The van der Waals surface area contributed by atoms with E-state index in [1.807, 2.05) is 34.6 Å². The van der Waals surface area contributed by atoms with Crippen LogP contribution in [0.2, 0.25) is 0 Å². The summed E-state index contributed by atoms with van der Waals surface area (Å²) in [7, 11) is 0. The summed E-state index contributed by atoms with van der Waals surface area (Å²) in [4.78, 5) is 24.2. The molecule has 146 valence electrons. The van der Waals surface area contributed by atoms with Crippen molar-refractivity contribution in [3.05, 3.63) is 46.8 Å². The molecule has 2 rings (SSSR count). The smallest absolute Gasteiger partial charge is 0.338 e. The van der Waals surface area contributed by atoms with E-state index in [0.717, 1.165) is 17.0 Å². The largest absolute Gasteiger partial charge is 0.489 e. The van der Waals surface area contributed by atoms with Gasteiger partial charge in [-0.25, -0.2) is 4.79 Å². The molecule has 0 fully saturated rings. The Morgan fingerprint density at radius 2 is 1.81 bits per heavy atom. The molecule has 0 saturated heterocycles. The molecular weight excluding hydrogens is 348 g/mol. The number of aromatic nitrogens is 1. The van der Waals surface area contributed by atoms with Crippen LogP contribution in [-0.2, 0) is 16.1 Å². The first-order valence-electron chi connectivity index (χ1n) is 8.74. The highest BCUT2D eigenvalue weighted by molar-refractivity contribution is 5.92. The summed E-state index contributed by atoms with van der Waals surface area (Å²) in [6.45, 7) is 11.1. The number of rotatable bonds is 6. The van der Waals surface area contributed by atoms with E-state index in [1.54, 1.807) is 31.2 Å². The fraction of sp³-hybridized carbons (Fsp3) is 0.450. The lowest BCUT2D eigenvalue weighted by Gasteiger charge is -2.23. The van der Waals surface area contributed by atoms with Crippen LogP contribution in [0.4, 0.5) is 0 Å². The Balaban J connectivity index is 1.92. The molecule has 1 heterocycles. The van der Waals surface area contributed by atoms with Crippen LogP contribution in [0.1, 0.15) is 55.1 Å². The maximum absolute atomic E-state index is 12.2. The molecule has 2 aromatic rings. The predicted octanol–water partition coefficient (Wildman–Crippen LogP) is 3.33. The second kappa shape index (κ2) is 8.24. The number of nitrogens with zero attached hydrogens (tertiary/aromatic N) is 1. The quantitative estimate of drug-likeness (QED) is 0.780. The Hall–Kier alpha value is -2.83. The van der Waals surface area contributed by atoms with Gasteiger partial charge in [-0.2, -0.15) is 0 Å². The number of esters is 1. The van der Waals surface area contributed by atoms with E-state index in [9.17, 15) is 9.59 Å². The van der Waals surface area contributed by atoms with Crippen LogP contribution in [0.3, 0.4) is 0 Å². The zero-order chi connectivity index (χ0) is 20.2. The van der Waals surface area contributed by atoms with Crippen molar-refractivity contribution < 1.29 is 23.6 Å². The summed E-state index contributed by atoms with van der Waals surface area (Å²) in [5, 5.41) is 6.66. The van der Waals surface area contributed by atoms with Crippen LogP contribution >= 0.6 is 0 Å². The van der Waals surface area contributed by atoms with E-state index < -0.39 is 17.6 Å². The highest BCUT2D eigenvalue weighted by atomic mass is 16.5. The summed E-state index contributed by atoms with van der Waals surface area (Å²) >= 11 is 0. The Labute approximate surface area is 159 Å². The van der Waals surface area contributed by atoms with Crippen molar-refractivity contribution in [2.45, 2.75) is 59.8 Å². The van der Waals surface area contributed by atoms with E-state index in [0.29, 0.717) is 17.9 Å². The highest BCUT2D eigenvalue weighted by Crippen LogP contribution is 2.18. The van der Waals surface area contributed by atoms with Crippen molar-refractivity contribution in [2.24, 2.45) is 0 Å². The van der Waals surface area contributed by atoms with Crippen molar-refractivity contribution >= 4 is 11.9 Å². The number of ether oxygens (including phenoxy) is 2. The minimum atomic E-state index is -0.882. The number of benzene rings is 1. The van der Waals surface area contributed by atoms with E-state index in [2.05, 4.69) is 10.5 Å². The van der Waals surface area contributed by atoms with E-state index >= 15 is 0 Å². The van der Waals surface area contributed by atoms with Gasteiger partial charge in [0.25, 0.3) is 5.91 Å². The molecule has 0 aliphatic heterocycles. The lowest BCUT2D eigenvalue weighted by Crippen LogP contribution is -2.46. The second-order valence-corrected chi connectivity index (χ2v) is 7.40. The van der Waals surface area contributed by atoms with Crippen LogP contribution in [0, 0.1) is 13.8 Å². The molecular formula is C20H26N2O5. The van der Waals surface area contributed by atoms with Gasteiger partial charge in [-0.3, -0.25) is 4.79 Å². The number of carbonyl (C=O) groups excluding carboxylic acids is 2. The molecule has 1 atom stereocenters. The topological polar surface area (TPSA) is 90.7 Å². The Morgan fingerprint density at radius 1 is 1.19 bits per heavy atom. The Morgan fingerprint density at radius 3 is 2.33 bits per heavy atom. The molecule has 7 nitrogen and oxygen atoms in total. The van der Waals surface area contributed by atoms with E-state index in [1.165, 1.54) is 0 Å². The molecule has 0 spiro atoms. The lowest BCUT2D eigenvalue weighted by molar-refractivity contribution is -0.130. The number of aryl methyl sites for hydroxylation is 2. The van der Waals surface area contributed by atoms with Gasteiger partial charge in [-0.1, -0.05) is 5.16 Å². The van der Waals surface area contributed by atoms with Crippen molar-refractivity contribution in [1.29, 1.82) is 0 Å². The molecule has 1 aromatic heterocycles. The molecule has 1 aromatic carbocycles. The number of hydrogen-bond acceptors (Lipinski definition) is 6. The van der Waals surface area contributed by atoms with Crippen LogP contribution in [-0.4, -0.2) is 28.7 Å². The van der Waals surface area contributed by atoms with Crippen molar-refractivity contribution in [3.63, 3.8) is 0 Å². The standard InChI is InChI=1S/C20H26N2O5/c1-12-17(13(2)27-22-12)11-25-16-9-7-15(8-10-16)19(24)26-14(3)18(23)21-20(4,5)6/h7-10,14H,11H2,1-6H3,(H,21,23)/t14-/m0/s1. The minimum absolute atomic E-state index is 0.328. The molecule has 7 heteroatoms. The van der Waals surface area contributed by atoms with Gasteiger partial charge in [-0.05, 0) is 65.8 Å². The third kappa shape index (κ3) is 5.84. The van der Waals surface area contributed by atoms with Gasteiger partial charge < -0.3 is 19.3 Å². The predicted molar refractivity (Wildman–Crippen MR) is 99.5 cm³/mol. The van der Waals surface area contributed by atoms with Gasteiger partial charge in [0.2, 0.25) is 0 Å². The average Bonchev–Trinajstić information content (AvgIpc) is 2.90. The summed E-state index contributed by atoms with van der Waals surface area (Å²) in [5.41, 5.74) is 1.64. The average molecular weight is 374 g/mol. The van der Waals surface area contributed by atoms with E-state index in [4.69, 9.17) is 14.0 Å². The third-order valence-corrected chi connectivity index (χ3v) is 3.81. The molecule has 0 saturated carbocycles. The second-order valence-electron chi connectivity index (χ2n) is 7.40. The molecule has 0 radical (unpaired) electrons. The fourth-order valence-electron chi connectivity index (χ4n) is 2.30. The zero-order valence-corrected chi connectivity index (χ0v) is 16.6. The van der Waals surface area contributed by atoms with Gasteiger partial charge in [0, 0.05) is 5.54 Å². The summed E-state index contributed by atoms with van der Waals surface area (Å²) in [6, 6.07) is 6.54. The highest BCUT2D eigenvalue weighted by Gasteiger charge is 2.23. The first-order valence-corrected chi connectivity index (χ1v) is 8.74. The first-order chi connectivity index (χ1) is 12.6. The minimum Gasteiger partial charge on any atom is -0.489 e. The van der Waals surface area contributed by atoms with Gasteiger partial charge >= 0.3 is 5.97 Å². The van der Waals surface area contributed by atoms with E-state index in [-0.39, 0.29) is 5.91 Å². The number of carbonyl (C=O) groups is 2. The molecule has 1 N–H and O–H groups in total. The number of nitrogens with one attached hydrogen (secondary N) is 1. The van der Waals surface area contributed by atoms with Crippen LogP contribution < -0.4 is 10.1 Å². The van der Waals surface area contributed by atoms with Crippen molar-refractivity contribution in [1.82, 2.24) is 10.5 Å². The summed E-state index contributed by atoms with van der Waals surface area (Å²) in [5.74, 6) is 0.416. The molecule has 0 aliphatic rings. The molecule has 0 bridgehead atoms. The van der Waals surface area contributed by atoms with Crippen LogP contribution in [0.5, 0.6) is 5.75 Å². The summed E-state index contributed by atoms with van der Waals surface area (Å²) in [6.07, 6.45) is -0.882. The van der Waals surface area contributed by atoms with Gasteiger partial charge in [-0.15, -0.1) is 0 Å². The normalized spacial score (nSPS) is 12.4. The lowest BCUT2D eigenvalue weighted by atomic mass is 10.1. The fourth-order valence-corrected chi connectivity index (χ4v) is 2.30. The van der Waals surface area contributed by atoms with Crippen molar-refractivity contribution in [3.8, 4) is 5.75 Å². The molecule has 1 amide bonds. The van der Waals surface area contributed by atoms with Gasteiger partial charge in [0.15, 0.2) is 6.10 Å².